The van der Waals surface area contributed by atoms with Crippen molar-refractivity contribution in [2.45, 2.75) is 110 Å². The minimum atomic E-state index is -0.672. The van der Waals surface area contributed by atoms with E-state index in [0.29, 0.717) is 30.1 Å². The molecule has 3 rings (SSSR count). The third-order valence-electron chi connectivity index (χ3n) is 8.45. The molecule has 0 radical (unpaired) electrons. The molecule has 0 bridgehead atoms. The second-order valence-corrected chi connectivity index (χ2v) is 11.4. The molecule has 3 fully saturated rings. The van der Waals surface area contributed by atoms with Crippen LogP contribution in [0.4, 0.5) is 0 Å². The maximum absolute atomic E-state index is 10.0. The number of fused-ring (bicyclic) bond motifs is 1. The molecular formula is C27H44O3. The molecule has 170 valence electrons. The Kier molecular flexibility index (Phi) is 7.37. The smallest absolute Gasteiger partial charge is 0.0842 e. The van der Waals surface area contributed by atoms with Crippen LogP contribution in [0, 0.1) is 23.2 Å². The number of rotatable bonds is 6. The van der Waals surface area contributed by atoms with Crippen LogP contribution in [0.5, 0.6) is 0 Å². The fraction of sp³-hybridized carbons (Fsp3) is 0.778. The van der Waals surface area contributed by atoms with Gasteiger partial charge in [0.05, 0.1) is 17.8 Å². The zero-order valence-electron chi connectivity index (χ0n) is 19.7. The summed E-state index contributed by atoms with van der Waals surface area (Å²) in [6.07, 6.45) is 13.7. The Morgan fingerprint density at radius 1 is 1.17 bits per heavy atom. The fourth-order valence-corrected chi connectivity index (χ4v) is 6.69. The minimum absolute atomic E-state index is 0.385. The van der Waals surface area contributed by atoms with Crippen LogP contribution < -0.4 is 0 Å². The molecule has 3 N–H and O–H groups in total. The van der Waals surface area contributed by atoms with Gasteiger partial charge in [-0.1, -0.05) is 51.0 Å². The number of hydrogen-bond acceptors (Lipinski definition) is 3. The molecule has 3 aliphatic rings. The Balaban J connectivity index is 1.69. The molecule has 3 heteroatoms. The van der Waals surface area contributed by atoms with Crippen molar-refractivity contribution in [1.82, 2.24) is 0 Å². The molecule has 0 aromatic carbocycles. The molecule has 0 heterocycles. The largest absolute Gasteiger partial charge is 0.390 e. The SMILES string of the molecule is C=C1C[C@@H](O)[C@H](O)C/C1=C/C=C1\CCCC2(C)C1CCC2[C@H](C)CCCC(C)(C)O. The maximum atomic E-state index is 10.0. The third kappa shape index (κ3) is 5.29. The van der Waals surface area contributed by atoms with Crippen molar-refractivity contribution >= 4 is 0 Å². The summed E-state index contributed by atoms with van der Waals surface area (Å²) in [6.45, 7) is 12.9. The lowest BCUT2D eigenvalue weighted by atomic mass is 9.60. The van der Waals surface area contributed by atoms with Crippen LogP contribution in [0.15, 0.2) is 35.5 Å². The summed E-state index contributed by atoms with van der Waals surface area (Å²) in [5.41, 5.74) is 3.48. The zero-order chi connectivity index (χ0) is 22.1. The minimum Gasteiger partial charge on any atom is -0.390 e. The van der Waals surface area contributed by atoms with Crippen LogP contribution >= 0.6 is 0 Å². The van der Waals surface area contributed by atoms with Crippen molar-refractivity contribution in [3.63, 3.8) is 0 Å². The topological polar surface area (TPSA) is 60.7 Å². The molecule has 30 heavy (non-hydrogen) atoms. The van der Waals surface area contributed by atoms with Crippen molar-refractivity contribution in [2.24, 2.45) is 23.2 Å². The standard InChI is InChI=1S/C27H44O3/c1-18(8-6-14-26(3,4)30)22-12-13-23-20(9-7-15-27(22,23)5)10-11-21-17-25(29)24(28)16-19(21)2/h10-11,18,22-25,28-30H,2,6-9,12-17H2,1,3-5H3/b20-10+,21-11-/t18-,22?,23?,24-,25-,27?/m1/s1. The molecule has 0 amide bonds. The molecule has 0 aromatic rings. The quantitative estimate of drug-likeness (QED) is 0.520. The predicted molar refractivity (Wildman–Crippen MR) is 124 cm³/mol. The number of hydrogen-bond donors (Lipinski definition) is 3. The second kappa shape index (κ2) is 9.30. The van der Waals surface area contributed by atoms with E-state index in [4.69, 9.17) is 0 Å². The molecule has 6 atom stereocenters. The van der Waals surface area contributed by atoms with Crippen molar-refractivity contribution < 1.29 is 15.3 Å². The number of aliphatic hydroxyl groups excluding tert-OH is 2. The zero-order valence-corrected chi connectivity index (χ0v) is 19.7. The van der Waals surface area contributed by atoms with Gasteiger partial charge in [-0.15, -0.1) is 0 Å². The summed E-state index contributed by atoms with van der Waals surface area (Å²) in [6, 6.07) is 0. The van der Waals surface area contributed by atoms with Crippen molar-refractivity contribution in [3.8, 4) is 0 Å². The number of allylic oxidation sites excluding steroid dienone is 3. The molecule has 3 nitrogen and oxygen atoms in total. The molecule has 3 unspecified atom stereocenters. The fourth-order valence-electron chi connectivity index (χ4n) is 6.69. The average Bonchev–Trinajstić information content (AvgIpc) is 3.00. The van der Waals surface area contributed by atoms with E-state index in [1.807, 2.05) is 13.8 Å². The Morgan fingerprint density at radius 3 is 2.57 bits per heavy atom. The van der Waals surface area contributed by atoms with Gasteiger partial charge in [0.1, 0.15) is 0 Å². The van der Waals surface area contributed by atoms with Gasteiger partial charge in [-0.25, -0.2) is 0 Å². The van der Waals surface area contributed by atoms with Crippen molar-refractivity contribution in [1.29, 1.82) is 0 Å². The third-order valence-corrected chi connectivity index (χ3v) is 8.45. The maximum Gasteiger partial charge on any atom is 0.0842 e. The average molecular weight is 417 g/mol. The van der Waals surface area contributed by atoms with Gasteiger partial charge >= 0.3 is 0 Å². The van der Waals surface area contributed by atoms with E-state index < -0.39 is 17.8 Å². The van der Waals surface area contributed by atoms with E-state index in [1.165, 1.54) is 38.5 Å². The highest BCUT2D eigenvalue weighted by molar-refractivity contribution is 5.37. The van der Waals surface area contributed by atoms with Crippen LogP contribution in [0.1, 0.15) is 91.9 Å². The van der Waals surface area contributed by atoms with E-state index in [1.54, 1.807) is 5.57 Å². The first-order valence-corrected chi connectivity index (χ1v) is 12.2. The summed E-state index contributed by atoms with van der Waals surface area (Å²) in [4.78, 5) is 0. The Bertz CT molecular complexity index is 683. The lowest BCUT2D eigenvalue weighted by molar-refractivity contribution is 0.0138. The first kappa shape index (κ1) is 23.8. The first-order valence-electron chi connectivity index (χ1n) is 12.2. The predicted octanol–water partition coefficient (Wildman–Crippen LogP) is 5.70. The van der Waals surface area contributed by atoms with Gasteiger partial charge in [-0.3, -0.25) is 0 Å². The lowest BCUT2D eigenvalue weighted by Gasteiger charge is -2.44. The van der Waals surface area contributed by atoms with Crippen LogP contribution in [0.2, 0.25) is 0 Å². The molecule has 0 saturated heterocycles. The van der Waals surface area contributed by atoms with Crippen molar-refractivity contribution in [3.05, 3.63) is 35.5 Å². The molecule has 0 aromatic heterocycles. The normalized spacial score (nSPS) is 38.8. The van der Waals surface area contributed by atoms with Crippen LogP contribution in [0.25, 0.3) is 0 Å². The molecule has 0 aliphatic heterocycles. The highest BCUT2D eigenvalue weighted by atomic mass is 16.3. The van der Waals surface area contributed by atoms with Gasteiger partial charge in [-0.05, 0) is 86.7 Å². The summed E-state index contributed by atoms with van der Waals surface area (Å²) in [5, 5.41) is 29.9. The van der Waals surface area contributed by atoms with Gasteiger partial charge in [0.25, 0.3) is 0 Å². The second-order valence-electron chi connectivity index (χ2n) is 11.4. The van der Waals surface area contributed by atoms with E-state index in [9.17, 15) is 15.3 Å². The van der Waals surface area contributed by atoms with Gasteiger partial charge < -0.3 is 15.3 Å². The molecule has 3 saturated carbocycles. The van der Waals surface area contributed by atoms with Crippen LogP contribution in [-0.2, 0) is 0 Å². The van der Waals surface area contributed by atoms with E-state index in [0.717, 1.165) is 29.9 Å². The number of aliphatic hydroxyl groups is 3. The molecular weight excluding hydrogens is 372 g/mol. The summed E-state index contributed by atoms with van der Waals surface area (Å²) < 4.78 is 0. The van der Waals surface area contributed by atoms with Crippen LogP contribution in [-0.4, -0.2) is 33.1 Å². The van der Waals surface area contributed by atoms with Gasteiger partial charge in [0.2, 0.25) is 0 Å². The van der Waals surface area contributed by atoms with Gasteiger partial charge in [0, 0.05) is 12.8 Å². The Morgan fingerprint density at radius 2 is 1.87 bits per heavy atom. The highest BCUT2D eigenvalue weighted by Crippen LogP contribution is 2.60. The summed E-state index contributed by atoms with van der Waals surface area (Å²) in [7, 11) is 0. The lowest BCUT2D eigenvalue weighted by Crippen LogP contribution is -2.36. The van der Waals surface area contributed by atoms with E-state index in [-0.39, 0.29) is 0 Å². The monoisotopic (exact) mass is 416 g/mol. The van der Waals surface area contributed by atoms with Gasteiger partial charge in [0.15, 0.2) is 0 Å². The van der Waals surface area contributed by atoms with E-state index in [2.05, 4.69) is 32.6 Å². The summed E-state index contributed by atoms with van der Waals surface area (Å²) in [5.74, 6) is 2.13. The van der Waals surface area contributed by atoms with E-state index >= 15 is 0 Å². The van der Waals surface area contributed by atoms with Crippen LogP contribution in [0.3, 0.4) is 0 Å². The van der Waals surface area contributed by atoms with Crippen molar-refractivity contribution in [2.75, 3.05) is 0 Å². The highest BCUT2D eigenvalue weighted by Gasteiger charge is 2.50. The Hall–Kier alpha value is -0.900. The van der Waals surface area contributed by atoms with Gasteiger partial charge in [-0.2, -0.15) is 0 Å². The molecule has 0 spiro atoms. The Labute approximate surface area is 184 Å². The molecule has 3 aliphatic carbocycles. The first-order chi connectivity index (χ1) is 14.0. The summed E-state index contributed by atoms with van der Waals surface area (Å²) >= 11 is 0.